The molecule has 1 aromatic heterocycles. The molecular formula is C6H5N2O3-. The van der Waals surface area contributed by atoms with E-state index >= 15 is 0 Å². The molecule has 1 aromatic rings. The number of hydrogen-bond acceptors (Lipinski definition) is 4. The predicted octanol–water partition coefficient (Wildman–Crippen LogP) is -1.61. The highest BCUT2D eigenvalue weighted by molar-refractivity contribution is 5.83. The summed E-state index contributed by atoms with van der Waals surface area (Å²) < 4.78 is 0.429. The van der Waals surface area contributed by atoms with Crippen molar-refractivity contribution in [1.82, 2.24) is 4.98 Å². The lowest BCUT2D eigenvalue weighted by Gasteiger charge is -2.04. The largest absolute Gasteiger partial charge is 0.618 e. The van der Waals surface area contributed by atoms with Crippen LogP contribution in [-0.4, -0.2) is 11.0 Å². The van der Waals surface area contributed by atoms with Crippen LogP contribution < -0.4 is 9.84 Å². The third kappa shape index (κ3) is 1.26. The minimum atomic E-state index is -1.44. The second-order valence-corrected chi connectivity index (χ2v) is 1.97. The van der Waals surface area contributed by atoms with E-state index in [1.807, 2.05) is 0 Å². The first-order valence-corrected chi connectivity index (χ1v) is 2.89. The highest BCUT2D eigenvalue weighted by Crippen LogP contribution is 1.94. The van der Waals surface area contributed by atoms with E-state index in [1.165, 1.54) is 6.92 Å². The van der Waals surface area contributed by atoms with Crippen LogP contribution in [0, 0.1) is 12.1 Å². The van der Waals surface area contributed by atoms with Crippen LogP contribution in [0.2, 0.25) is 0 Å². The Morgan fingerprint density at radius 2 is 2.36 bits per heavy atom. The van der Waals surface area contributed by atoms with Crippen LogP contribution in [0.5, 0.6) is 0 Å². The van der Waals surface area contributed by atoms with Gasteiger partial charge in [0.15, 0.2) is 11.9 Å². The van der Waals surface area contributed by atoms with Gasteiger partial charge in [-0.1, -0.05) is 0 Å². The van der Waals surface area contributed by atoms with Crippen LogP contribution in [0.1, 0.15) is 16.2 Å². The van der Waals surface area contributed by atoms with Gasteiger partial charge in [0.05, 0.1) is 12.2 Å². The number of aromatic carboxylic acids is 1. The molecule has 0 spiro atoms. The summed E-state index contributed by atoms with van der Waals surface area (Å²) in [6.45, 7) is 1.37. The summed E-state index contributed by atoms with van der Waals surface area (Å²) in [4.78, 5) is 13.7. The van der Waals surface area contributed by atoms with Gasteiger partial charge in [-0.05, 0) is 0 Å². The molecule has 0 N–H and O–H groups in total. The zero-order valence-electron chi connectivity index (χ0n) is 5.77. The topological polar surface area (TPSA) is 80.0 Å². The number of rotatable bonds is 1. The van der Waals surface area contributed by atoms with E-state index in [0.29, 0.717) is 4.73 Å². The molecule has 0 aliphatic heterocycles. The maximum Gasteiger partial charge on any atom is 0.217 e. The monoisotopic (exact) mass is 153 g/mol. The van der Waals surface area contributed by atoms with Crippen LogP contribution in [-0.2, 0) is 0 Å². The molecule has 0 saturated heterocycles. The second kappa shape index (κ2) is 2.53. The molecule has 5 heteroatoms. The molecule has 0 unspecified atom stereocenters. The van der Waals surface area contributed by atoms with E-state index in [2.05, 4.69) is 4.98 Å². The summed E-state index contributed by atoms with van der Waals surface area (Å²) in [6, 6.07) is 0. The van der Waals surface area contributed by atoms with Crippen molar-refractivity contribution >= 4 is 5.97 Å². The summed E-state index contributed by atoms with van der Waals surface area (Å²) >= 11 is 0. The lowest BCUT2D eigenvalue weighted by Crippen LogP contribution is -2.35. The molecule has 0 aliphatic carbocycles. The van der Waals surface area contributed by atoms with Gasteiger partial charge in [-0.3, -0.25) is 0 Å². The number of carboxylic acids is 1. The second-order valence-electron chi connectivity index (χ2n) is 1.97. The van der Waals surface area contributed by atoms with Gasteiger partial charge in [-0.2, -0.15) is 4.73 Å². The number of carboxylic acid groups (broad SMARTS) is 1. The van der Waals surface area contributed by atoms with Crippen molar-refractivity contribution in [2.45, 2.75) is 6.92 Å². The first kappa shape index (κ1) is 7.46. The number of carbonyl (C=O) groups excluding carboxylic acids is 1. The molecule has 58 valence electrons. The Hall–Kier alpha value is -1.65. The van der Waals surface area contributed by atoms with Gasteiger partial charge < -0.3 is 15.1 Å². The minimum Gasteiger partial charge on any atom is -0.618 e. The van der Waals surface area contributed by atoms with Crippen LogP contribution in [0.3, 0.4) is 0 Å². The Morgan fingerprint density at radius 1 is 1.73 bits per heavy atom. The fourth-order valence-corrected chi connectivity index (χ4v) is 0.678. The highest BCUT2D eigenvalue weighted by Gasteiger charge is 2.07. The van der Waals surface area contributed by atoms with Crippen LogP contribution >= 0.6 is 0 Å². The molecule has 0 aromatic carbocycles. The maximum absolute atomic E-state index is 10.7. The van der Waals surface area contributed by atoms with Crippen molar-refractivity contribution in [2.24, 2.45) is 0 Å². The molecule has 0 amide bonds. The molecule has 0 radical (unpaired) electrons. The van der Waals surface area contributed by atoms with Gasteiger partial charge in [-0.15, -0.1) is 0 Å². The summed E-state index contributed by atoms with van der Waals surface area (Å²) in [6.07, 6.45) is 2.24. The van der Waals surface area contributed by atoms with E-state index in [0.717, 1.165) is 12.4 Å². The van der Waals surface area contributed by atoms with E-state index in [9.17, 15) is 15.1 Å². The van der Waals surface area contributed by atoms with Crippen molar-refractivity contribution in [3.05, 3.63) is 29.0 Å². The lowest BCUT2D eigenvalue weighted by atomic mass is 10.3. The zero-order chi connectivity index (χ0) is 8.43. The van der Waals surface area contributed by atoms with Crippen LogP contribution in [0.25, 0.3) is 0 Å². The first-order chi connectivity index (χ1) is 5.13. The third-order valence-corrected chi connectivity index (χ3v) is 1.27. The van der Waals surface area contributed by atoms with E-state index in [-0.39, 0.29) is 11.4 Å². The lowest BCUT2D eigenvalue weighted by molar-refractivity contribution is -0.613. The fraction of sp³-hybridized carbons (Fsp3) is 0.167. The van der Waals surface area contributed by atoms with Gasteiger partial charge in [0.1, 0.15) is 0 Å². The first-order valence-electron chi connectivity index (χ1n) is 2.89. The van der Waals surface area contributed by atoms with Gasteiger partial charge in [0.2, 0.25) is 5.69 Å². The van der Waals surface area contributed by atoms with Crippen LogP contribution in [0.4, 0.5) is 0 Å². The smallest absolute Gasteiger partial charge is 0.217 e. The van der Waals surface area contributed by atoms with Crippen molar-refractivity contribution in [3.8, 4) is 0 Å². The summed E-state index contributed by atoms with van der Waals surface area (Å²) in [7, 11) is 0. The molecule has 1 rings (SSSR count). The number of aromatic nitrogens is 2. The Labute approximate surface area is 62.5 Å². The highest BCUT2D eigenvalue weighted by atomic mass is 16.5. The molecule has 1 heterocycles. The van der Waals surface area contributed by atoms with Gasteiger partial charge in [0.25, 0.3) is 0 Å². The van der Waals surface area contributed by atoms with Gasteiger partial charge in [0, 0.05) is 6.92 Å². The molecule has 0 fully saturated rings. The Balaban J connectivity index is 3.27. The number of nitrogens with zero attached hydrogens (tertiary/aromatic N) is 2. The van der Waals surface area contributed by atoms with Gasteiger partial charge >= 0.3 is 0 Å². The van der Waals surface area contributed by atoms with Crippen molar-refractivity contribution < 1.29 is 14.6 Å². The Morgan fingerprint density at radius 3 is 2.82 bits per heavy atom. The van der Waals surface area contributed by atoms with E-state index in [1.54, 1.807) is 0 Å². The summed E-state index contributed by atoms with van der Waals surface area (Å²) in [5, 5.41) is 21.0. The molecule has 0 aliphatic rings. The predicted molar refractivity (Wildman–Crippen MR) is 32.3 cm³/mol. The molecule has 5 nitrogen and oxygen atoms in total. The zero-order valence-corrected chi connectivity index (χ0v) is 5.77. The normalized spacial score (nSPS) is 9.55. The molecule has 0 saturated carbocycles. The van der Waals surface area contributed by atoms with Crippen molar-refractivity contribution in [2.75, 3.05) is 0 Å². The Kier molecular flexibility index (Phi) is 1.72. The standard InChI is InChI=1S/C6H6N2O3/c1-4-5(6(9)10)7-2-3-8(4)11/h2-3H,1H3,(H,9,10)/p-1. The fourth-order valence-electron chi connectivity index (χ4n) is 0.678. The molecule has 11 heavy (non-hydrogen) atoms. The number of hydrogen-bond donors (Lipinski definition) is 0. The minimum absolute atomic E-state index is 0.0347. The maximum atomic E-state index is 10.7. The van der Waals surface area contributed by atoms with Crippen molar-refractivity contribution in [1.29, 1.82) is 0 Å². The van der Waals surface area contributed by atoms with Gasteiger partial charge in [-0.25, -0.2) is 4.98 Å². The average molecular weight is 153 g/mol. The van der Waals surface area contributed by atoms with Crippen LogP contribution in [0.15, 0.2) is 12.4 Å². The quantitative estimate of drug-likeness (QED) is 0.359. The summed E-state index contributed by atoms with van der Waals surface area (Å²) in [5.74, 6) is -1.44. The Bertz CT molecular complexity index is 298. The molecule has 0 atom stereocenters. The van der Waals surface area contributed by atoms with E-state index < -0.39 is 5.97 Å². The molecular weight excluding hydrogens is 148 g/mol. The number of carbonyl (C=O) groups is 1. The SMILES string of the molecule is Cc1c(C(=O)[O-])ncc[n+]1[O-]. The summed E-state index contributed by atoms with van der Waals surface area (Å²) in [5.41, 5.74) is -0.282. The molecule has 0 bridgehead atoms. The van der Waals surface area contributed by atoms with Crippen molar-refractivity contribution in [3.63, 3.8) is 0 Å². The van der Waals surface area contributed by atoms with E-state index in [4.69, 9.17) is 0 Å². The average Bonchev–Trinajstić information content (AvgIpc) is 1.94. The third-order valence-electron chi connectivity index (χ3n) is 1.27.